The monoisotopic (exact) mass is 374 g/mol. The van der Waals surface area contributed by atoms with Crippen molar-refractivity contribution in [3.8, 4) is 5.75 Å². The van der Waals surface area contributed by atoms with Gasteiger partial charge in [0, 0.05) is 11.2 Å². The van der Waals surface area contributed by atoms with Crippen LogP contribution in [-0.2, 0) is 15.8 Å². The third-order valence-electron chi connectivity index (χ3n) is 2.80. The van der Waals surface area contributed by atoms with Gasteiger partial charge in [0.2, 0.25) is 10.0 Å². The number of aromatic nitrogens is 1. The maximum Gasteiger partial charge on any atom is 0.268 e. The smallest absolute Gasteiger partial charge is 0.268 e. The van der Waals surface area contributed by atoms with Gasteiger partial charge in [-0.2, -0.15) is 0 Å². The van der Waals surface area contributed by atoms with Gasteiger partial charge >= 0.3 is 0 Å². The van der Waals surface area contributed by atoms with Crippen LogP contribution in [0.1, 0.15) is 15.9 Å². The summed E-state index contributed by atoms with van der Waals surface area (Å²) in [6, 6.07) is 7.32. The first-order valence-electron chi connectivity index (χ1n) is 6.29. The number of carbonyl (C=O) groups is 1. The van der Waals surface area contributed by atoms with Crippen molar-refractivity contribution in [1.82, 2.24) is 9.71 Å². The lowest BCUT2D eigenvalue weighted by atomic mass is 10.2. The van der Waals surface area contributed by atoms with Crippen molar-refractivity contribution in [1.29, 1.82) is 0 Å². The van der Waals surface area contributed by atoms with Gasteiger partial charge in [-0.05, 0) is 29.8 Å². The maximum atomic E-state index is 12.2. The molecule has 1 amide bonds. The van der Waals surface area contributed by atoms with E-state index in [0.717, 1.165) is 0 Å². The van der Waals surface area contributed by atoms with E-state index >= 15 is 0 Å². The number of methoxy groups -OCH3 is 1. The third-order valence-corrected chi connectivity index (χ3v) is 4.47. The number of benzene rings is 1. The first-order valence-corrected chi connectivity index (χ1v) is 8.70. The number of nitrogens with one attached hydrogen (secondary N) is 1. The molecule has 6 nitrogen and oxygen atoms in total. The highest BCUT2D eigenvalue weighted by molar-refractivity contribution is 7.89. The summed E-state index contributed by atoms with van der Waals surface area (Å²) in [5, 5.41) is 0.536. The van der Waals surface area contributed by atoms with Crippen LogP contribution in [0.5, 0.6) is 5.75 Å². The molecule has 0 bridgehead atoms. The van der Waals surface area contributed by atoms with Crippen molar-refractivity contribution in [2.75, 3.05) is 7.11 Å². The van der Waals surface area contributed by atoms with Crippen LogP contribution in [0.25, 0.3) is 0 Å². The number of hydrogen-bond acceptors (Lipinski definition) is 5. The van der Waals surface area contributed by atoms with Crippen LogP contribution in [0, 0.1) is 0 Å². The summed E-state index contributed by atoms with van der Waals surface area (Å²) in [5.41, 5.74) is 0.422. The molecule has 0 atom stereocenters. The second-order valence-corrected chi connectivity index (χ2v) is 7.07. The van der Waals surface area contributed by atoms with Crippen molar-refractivity contribution in [2.24, 2.45) is 0 Å². The number of ether oxygens (including phenoxy) is 1. The molecule has 2 rings (SSSR count). The van der Waals surface area contributed by atoms with Gasteiger partial charge in [0.25, 0.3) is 5.91 Å². The molecule has 0 unspecified atom stereocenters. The Kier molecular flexibility index (Phi) is 5.46. The Labute approximate surface area is 143 Å². The van der Waals surface area contributed by atoms with Crippen molar-refractivity contribution >= 4 is 39.1 Å². The Bertz CT molecular complexity index is 823. The number of rotatable bonds is 5. The number of carbonyl (C=O) groups excluding carboxylic acids is 1. The Balaban J connectivity index is 2.18. The standard InChI is InChI=1S/C14H12Cl2N2O4S/c1-22-12-4-3-10(15)6-11(12)14(19)18-23(20,21)8-9-2-5-13(16)17-7-9/h2-7H,8H2,1H3,(H,18,19). The summed E-state index contributed by atoms with van der Waals surface area (Å²) in [4.78, 5) is 16.0. The van der Waals surface area contributed by atoms with Gasteiger partial charge in [-0.25, -0.2) is 18.1 Å². The van der Waals surface area contributed by atoms with Crippen molar-refractivity contribution in [3.05, 3.63) is 57.8 Å². The average molecular weight is 375 g/mol. The minimum atomic E-state index is -3.91. The van der Waals surface area contributed by atoms with Gasteiger partial charge in [0.15, 0.2) is 0 Å². The molecular formula is C14H12Cl2N2O4S. The SMILES string of the molecule is COc1ccc(Cl)cc1C(=O)NS(=O)(=O)Cc1ccc(Cl)nc1. The fraction of sp³-hybridized carbons (Fsp3) is 0.143. The highest BCUT2D eigenvalue weighted by atomic mass is 35.5. The Morgan fingerprint density at radius 3 is 2.61 bits per heavy atom. The molecule has 0 aliphatic rings. The predicted octanol–water partition coefficient (Wildman–Crippen LogP) is 2.66. The Morgan fingerprint density at radius 1 is 1.26 bits per heavy atom. The molecule has 1 aromatic carbocycles. The first-order chi connectivity index (χ1) is 10.8. The lowest BCUT2D eigenvalue weighted by molar-refractivity contribution is 0.0978. The fourth-order valence-electron chi connectivity index (χ4n) is 1.80. The summed E-state index contributed by atoms with van der Waals surface area (Å²) in [5.74, 6) is -1.02. The van der Waals surface area contributed by atoms with Crippen LogP contribution < -0.4 is 9.46 Å². The maximum absolute atomic E-state index is 12.2. The quantitative estimate of drug-likeness (QED) is 0.813. The molecule has 0 aliphatic heterocycles. The van der Waals surface area contributed by atoms with E-state index in [1.807, 2.05) is 4.72 Å². The van der Waals surface area contributed by atoms with Crippen LogP contribution >= 0.6 is 23.2 Å². The lowest BCUT2D eigenvalue weighted by Crippen LogP contribution is -2.31. The summed E-state index contributed by atoms with van der Waals surface area (Å²) < 4.78 is 31.2. The zero-order valence-electron chi connectivity index (χ0n) is 11.9. The van der Waals surface area contributed by atoms with Gasteiger partial charge < -0.3 is 4.74 Å². The average Bonchev–Trinajstić information content (AvgIpc) is 2.49. The molecule has 0 saturated heterocycles. The van der Waals surface area contributed by atoms with E-state index in [9.17, 15) is 13.2 Å². The molecule has 1 heterocycles. The molecule has 0 spiro atoms. The second kappa shape index (κ2) is 7.16. The van der Waals surface area contributed by atoms with E-state index in [1.165, 1.54) is 43.6 Å². The largest absolute Gasteiger partial charge is 0.496 e. The molecule has 122 valence electrons. The van der Waals surface area contributed by atoms with Crippen LogP contribution in [0.4, 0.5) is 0 Å². The van der Waals surface area contributed by atoms with Gasteiger partial charge in [-0.1, -0.05) is 29.3 Å². The van der Waals surface area contributed by atoms with E-state index in [0.29, 0.717) is 5.56 Å². The molecule has 1 N–H and O–H groups in total. The van der Waals surface area contributed by atoms with Gasteiger partial charge in [-0.15, -0.1) is 0 Å². The summed E-state index contributed by atoms with van der Waals surface area (Å²) in [6.45, 7) is 0. The van der Waals surface area contributed by atoms with Crippen LogP contribution in [0.2, 0.25) is 10.2 Å². The molecule has 0 aliphatic carbocycles. The minimum absolute atomic E-state index is 0.0257. The van der Waals surface area contributed by atoms with Crippen molar-refractivity contribution in [3.63, 3.8) is 0 Å². The van der Waals surface area contributed by atoms with Crippen LogP contribution in [0.15, 0.2) is 36.5 Å². The second-order valence-electron chi connectivity index (χ2n) is 4.52. The van der Waals surface area contributed by atoms with Crippen molar-refractivity contribution < 1.29 is 17.9 Å². The van der Waals surface area contributed by atoms with Crippen molar-refractivity contribution in [2.45, 2.75) is 5.75 Å². The van der Waals surface area contributed by atoms with Gasteiger partial charge in [0.1, 0.15) is 10.9 Å². The normalized spacial score (nSPS) is 11.1. The molecular weight excluding hydrogens is 363 g/mol. The number of pyridine rings is 1. The van der Waals surface area contributed by atoms with E-state index in [4.69, 9.17) is 27.9 Å². The molecule has 0 saturated carbocycles. The zero-order chi connectivity index (χ0) is 17.0. The Morgan fingerprint density at radius 2 is 2.00 bits per heavy atom. The number of halogens is 2. The van der Waals surface area contributed by atoms with E-state index in [-0.39, 0.29) is 21.5 Å². The number of hydrogen-bond donors (Lipinski definition) is 1. The highest BCUT2D eigenvalue weighted by Crippen LogP contribution is 2.22. The minimum Gasteiger partial charge on any atom is -0.496 e. The summed E-state index contributed by atoms with van der Waals surface area (Å²) in [6.07, 6.45) is 1.33. The van der Waals surface area contributed by atoms with Gasteiger partial charge in [0.05, 0.1) is 18.4 Å². The number of amides is 1. The third kappa shape index (κ3) is 4.82. The predicted molar refractivity (Wildman–Crippen MR) is 87.3 cm³/mol. The molecule has 2 aromatic rings. The van der Waals surface area contributed by atoms with E-state index in [2.05, 4.69) is 4.98 Å². The first kappa shape index (κ1) is 17.5. The highest BCUT2D eigenvalue weighted by Gasteiger charge is 2.20. The van der Waals surface area contributed by atoms with E-state index < -0.39 is 21.7 Å². The van der Waals surface area contributed by atoms with Gasteiger partial charge in [-0.3, -0.25) is 4.79 Å². The molecule has 0 fully saturated rings. The van der Waals surface area contributed by atoms with E-state index in [1.54, 1.807) is 0 Å². The molecule has 0 radical (unpaired) electrons. The topological polar surface area (TPSA) is 85.4 Å². The molecule has 9 heteroatoms. The number of nitrogens with zero attached hydrogens (tertiary/aromatic N) is 1. The summed E-state index contributed by atoms with van der Waals surface area (Å²) >= 11 is 11.5. The lowest BCUT2D eigenvalue weighted by Gasteiger charge is -2.10. The Hall–Kier alpha value is -1.83. The van der Waals surface area contributed by atoms with Crippen LogP contribution in [-0.4, -0.2) is 26.4 Å². The zero-order valence-corrected chi connectivity index (χ0v) is 14.2. The fourth-order valence-corrected chi connectivity index (χ4v) is 3.16. The molecule has 1 aromatic heterocycles. The number of sulfonamides is 1. The molecule has 23 heavy (non-hydrogen) atoms. The van der Waals surface area contributed by atoms with Crippen LogP contribution in [0.3, 0.4) is 0 Å². The summed E-state index contributed by atoms with van der Waals surface area (Å²) in [7, 11) is -2.55.